The van der Waals surface area contributed by atoms with Crippen LogP contribution in [0.4, 0.5) is 0 Å². The van der Waals surface area contributed by atoms with Gasteiger partial charge >= 0.3 is 107 Å². The standard InChI is InChI=1S/C13H13NO2Se/c1-9-11(13(15)16-2)8-17-12(14-9)10-6-4-3-5-7-10/h3-7H,8H2,1-2H3. The third-order valence-electron chi connectivity index (χ3n) is 2.51. The quantitative estimate of drug-likeness (QED) is 0.618. The third-order valence-corrected chi connectivity index (χ3v) is 4.68. The normalized spacial score (nSPS) is 15.5. The van der Waals surface area contributed by atoms with Gasteiger partial charge in [0, 0.05) is 0 Å². The van der Waals surface area contributed by atoms with Gasteiger partial charge in [-0.25, -0.2) is 0 Å². The Morgan fingerprint density at radius 1 is 1.35 bits per heavy atom. The van der Waals surface area contributed by atoms with Crippen LogP contribution in [0.5, 0.6) is 0 Å². The molecular weight excluding hydrogens is 281 g/mol. The van der Waals surface area contributed by atoms with Gasteiger partial charge in [0.05, 0.1) is 0 Å². The van der Waals surface area contributed by atoms with Gasteiger partial charge in [-0.1, -0.05) is 0 Å². The SMILES string of the molecule is COC(=O)C1=C(C)N=C(c2ccccc2)[Se]C1. The summed E-state index contributed by atoms with van der Waals surface area (Å²) in [4.78, 5) is 16.0. The maximum absolute atomic E-state index is 11.5. The number of rotatable bonds is 2. The number of esters is 1. The second-order valence-corrected chi connectivity index (χ2v) is 5.65. The summed E-state index contributed by atoms with van der Waals surface area (Å²) in [6.07, 6.45) is 0. The van der Waals surface area contributed by atoms with E-state index >= 15 is 0 Å². The average Bonchev–Trinajstić information content (AvgIpc) is 2.39. The fourth-order valence-electron chi connectivity index (χ4n) is 1.56. The second kappa shape index (κ2) is 5.30. The molecule has 1 aromatic rings. The summed E-state index contributed by atoms with van der Waals surface area (Å²) in [5.74, 6) is -0.250. The van der Waals surface area contributed by atoms with Gasteiger partial charge in [-0.3, -0.25) is 0 Å². The molecule has 0 saturated carbocycles. The summed E-state index contributed by atoms with van der Waals surface area (Å²) < 4.78 is 5.85. The summed E-state index contributed by atoms with van der Waals surface area (Å²) in [6, 6.07) is 10.1. The van der Waals surface area contributed by atoms with E-state index in [0.29, 0.717) is 5.57 Å². The number of allylic oxidation sites excluding steroid dienone is 1. The number of hydrogen-bond donors (Lipinski definition) is 0. The maximum atomic E-state index is 11.5. The Labute approximate surface area is 107 Å². The van der Waals surface area contributed by atoms with Crippen LogP contribution in [-0.4, -0.2) is 32.6 Å². The average molecular weight is 294 g/mol. The van der Waals surface area contributed by atoms with Gasteiger partial charge in [0.25, 0.3) is 0 Å². The Morgan fingerprint density at radius 2 is 2.06 bits per heavy atom. The zero-order valence-corrected chi connectivity index (χ0v) is 11.5. The Hall–Kier alpha value is -1.38. The molecule has 88 valence electrons. The monoisotopic (exact) mass is 295 g/mol. The molecule has 17 heavy (non-hydrogen) atoms. The number of nitrogens with zero attached hydrogens (tertiary/aromatic N) is 1. The second-order valence-electron chi connectivity index (χ2n) is 3.63. The Bertz CT molecular complexity index is 491. The molecule has 1 aliphatic heterocycles. The Kier molecular flexibility index (Phi) is 3.77. The van der Waals surface area contributed by atoms with Crippen molar-refractivity contribution in [3.8, 4) is 0 Å². The summed E-state index contributed by atoms with van der Waals surface area (Å²) in [7, 11) is 1.41. The van der Waals surface area contributed by atoms with Crippen molar-refractivity contribution < 1.29 is 9.53 Å². The molecule has 1 aliphatic rings. The molecule has 4 heteroatoms. The van der Waals surface area contributed by atoms with Crippen LogP contribution in [0.3, 0.4) is 0 Å². The molecule has 0 N–H and O–H groups in total. The van der Waals surface area contributed by atoms with E-state index in [0.717, 1.165) is 21.2 Å². The zero-order chi connectivity index (χ0) is 12.3. The van der Waals surface area contributed by atoms with Crippen molar-refractivity contribution in [2.24, 2.45) is 4.99 Å². The van der Waals surface area contributed by atoms with Crippen molar-refractivity contribution in [3.63, 3.8) is 0 Å². The van der Waals surface area contributed by atoms with Crippen molar-refractivity contribution in [1.82, 2.24) is 0 Å². The van der Waals surface area contributed by atoms with Gasteiger partial charge in [-0.15, -0.1) is 0 Å². The van der Waals surface area contributed by atoms with Crippen LogP contribution >= 0.6 is 0 Å². The number of carbonyl (C=O) groups excluding carboxylic acids is 1. The fourth-order valence-corrected chi connectivity index (χ4v) is 3.89. The number of benzene rings is 1. The molecule has 0 atom stereocenters. The van der Waals surface area contributed by atoms with Crippen LogP contribution in [0.2, 0.25) is 5.32 Å². The van der Waals surface area contributed by atoms with Crippen LogP contribution in [0.25, 0.3) is 0 Å². The molecule has 0 aliphatic carbocycles. The van der Waals surface area contributed by atoms with E-state index in [9.17, 15) is 4.79 Å². The molecule has 0 unspecified atom stereocenters. The molecule has 1 aromatic carbocycles. The molecule has 0 aromatic heterocycles. The van der Waals surface area contributed by atoms with Gasteiger partial charge in [0.1, 0.15) is 0 Å². The van der Waals surface area contributed by atoms with E-state index in [4.69, 9.17) is 4.74 Å². The number of methoxy groups -OCH3 is 1. The summed E-state index contributed by atoms with van der Waals surface area (Å²) >= 11 is 0.199. The van der Waals surface area contributed by atoms with E-state index in [2.05, 4.69) is 17.1 Å². The predicted molar refractivity (Wildman–Crippen MR) is 68.3 cm³/mol. The Balaban J connectivity index is 2.31. The molecule has 1 heterocycles. The van der Waals surface area contributed by atoms with E-state index in [-0.39, 0.29) is 20.9 Å². The van der Waals surface area contributed by atoms with Gasteiger partial charge in [-0.05, 0) is 0 Å². The molecule has 0 radical (unpaired) electrons. The molecule has 0 spiro atoms. The van der Waals surface area contributed by atoms with E-state index in [1.165, 1.54) is 7.11 Å². The van der Waals surface area contributed by atoms with Crippen LogP contribution in [0.15, 0.2) is 46.6 Å². The van der Waals surface area contributed by atoms with Crippen LogP contribution in [-0.2, 0) is 9.53 Å². The minimum atomic E-state index is -0.250. The van der Waals surface area contributed by atoms with E-state index < -0.39 is 0 Å². The van der Waals surface area contributed by atoms with E-state index in [1.807, 2.05) is 25.1 Å². The Morgan fingerprint density at radius 3 is 2.65 bits per heavy atom. The number of carbonyl (C=O) groups is 1. The van der Waals surface area contributed by atoms with Crippen molar-refractivity contribution >= 4 is 25.5 Å². The summed E-state index contributed by atoms with van der Waals surface area (Å²) in [5, 5.41) is 0.763. The molecule has 0 fully saturated rings. The molecule has 2 rings (SSSR count). The fraction of sp³-hybridized carbons (Fsp3) is 0.231. The van der Waals surface area contributed by atoms with Gasteiger partial charge < -0.3 is 0 Å². The van der Waals surface area contributed by atoms with Crippen molar-refractivity contribution in [3.05, 3.63) is 47.2 Å². The number of ether oxygens (including phenoxy) is 1. The van der Waals surface area contributed by atoms with Gasteiger partial charge in [-0.2, -0.15) is 0 Å². The van der Waals surface area contributed by atoms with Crippen molar-refractivity contribution in [2.75, 3.05) is 7.11 Å². The first-order chi connectivity index (χ1) is 8.22. The topological polar surface area (TPSA) is 38.7 Å². The summed E-state index contributed by atoms with van der Waals surface area (Å²) in [5.41, 5.74) is 2.65. The molecular formula is C13H13NO2Se. The van der Waals surface area contributed by atoms with Crippen LogP contribution in [0.1, 0.15) is 12.5 Å². The van der Waals surface area contributed by atoms with Crippen LogP contribution < -0.4 is 0 Å². The molecule has 0 bridgehead atoms. The van der Waals surface area contributed by atoms with Crippen molar-refractivity contribution in [1.29, 1.82) is 0 Å². The molecule has 0 amide bonds. The van der Waals surface area contributed by atoms with Crippen LogP contribution in [0, 0.1) is 0 Å². The molecule has 0 saturated heterocycles. The van der Waals surface area contributed by atoms with Gasteiger partial charge in [0.2, 0.25) is 0 Å². The predicted octanol–water partition coefficient (Wildman–Crippen LogP) is 2.02. The minimum absolute atomic E-state index is 0.199. The third kappa shape index (κ3) is 2.65. The first kappa shape index (κ1) is 12.1. The molecule has 3 nitrogen and oxygen atoms in total. The first-order valence-corrected chi connectivity index (χ1v) is 7.34. The van der Waals surface area contributed by atoms with E-state index in [1.54, 1.807) is 0 Å². The zero-order valence-electron chi connectivity index (χ0n) is 9.77. The first-order valence-electron chi connectivity index (χ1n) is 5.27. The number of aliphatic imine (C=N–C) groups is 1. The number of hydrogen-bond acceptors (Lipinski definition) is 3. The van der Waals surface area contributed by atoms with Gasteiger partial charge in [0.15, 0.2) is 0 Å². The summed E-state index contributed by atoms with van der Waals surface area (Å²) in [6.45, 7) is 1.87. The van der Waals surface area contributed by atoms with Crippen molar-refractivity contribution in [2.45, 2.75) is 12.2 Å².